The fourth-order valence-corrected chi connectivity index (χ4v) is 4.64. The van der Waals surface area contributed by atoms with Gasteiger partial charge in [0.2, 0.25) is 15.9 Å². The fraction of sp³-hybridized carbons (Fsp3) is 0.526. The summed E-state index contributed by atoms with van der Waals surface area (Å²) in [6.45, 7) is 8.88. The molecule has 1 aromatic heterocycles. The van der Waals surface area contributed by atoms with E-state index in [1.807, 2.05) is 20.8 Å². The van der Waals surface area contributed by atoms with Crippen LogP contribution in [0.1, 0.15) is 56.8 Å². The summed E-state index contributed by atoms with van der Waals surface area (Å²) < 4.78 is 32.6. The first-order chi connectivity index (χ1) is 13.1. The standard InChI is InChI=1S/C19H26N4O4S/c1-13-6-5-11-23(12-13)28(25,26)15-9-7-14(8-10-15)16(24)20-18-22-21-17(27-18)19(2,3)4/h7-10,13H,5-6,11-12H2,1-4H3,(H,20,22,24)/t13-/m1/s1. The van der Waals surface area contributed by atoms with E-state index in [1.54, 1.807) is 0 Å². The molecule has 1 fully saturated rings. The maximum Gasteiger partial charge on any atom is 0.322 e. The predicted molar refractivity (Wildman–Crippen MR) is 105 cm³/mol. The summed E-state index contributed by atoms with van der Waals surface area (Å²) in [7, 11) is -3.55. The van der Waals surface area contributed by atoms with Gasteiger partial charge in [-0.15, -0.1) is 5.10 Å². The van der Waals surface area contributed by atoms with Gasteiger partial charge in [-0.1, -0.05) is 32.8 Å². The quantitative estimate of drug-likeness (QED) is 0.837. The Kier molecular flexibility index (Phi) is 5.58. The zero-order chi connectivity index (χ0) is 20.5. The normalized spacial score (nSPS) is 18.8. The Morgan fingerprint density at radius 1 is 1.21 bits per heavy atom. The van der Waals surface area contributed by atoms with Gasteiger partial charge in [0, 0.05) is 24.1 Å². The fourth-order valence-electron chi connectivity index (χ4n) is 3.04. The van der Waals surface area contributed by atoms with Crippen molar-refractivity contribution in [3.05, 3.63) is 35.7 Å². The molecule has 0 unspecified atom stereocenters. The molecule has 0 spiro atoms. The van der Waals surface area contributed by atoms with Crippen molar-refractivity contribution >= 4 is 21.9 Å². The average Bonchev–Trinajstić information content (AvgIpc) is 3.11. The molecule has 1 atom stereocenters. The molecule has 1 saturated heterocycles. The van der Waals surface area contributed by atoms with E-state index in [1.165, 1.54) is 28.6 Å². The average molecular weight is 407 g/mol. The van der Waals surface area contributed by atoms with Gasteiger partial charge in [-0.3, -0.25) is 10.1 Å². The molecule has 9 heteroatoms. The minimum atomic E-state index is -3.55. The van der Waals surface area contributed by atoms with Crippen LogP contribution < -0.4 is 5.32 Å². The van der Waals surface area contributed by atoms with Crippen LogP contribution in [0.3, 0.4) is 0 Å². The number of aromatic nitrogens is 2. The SMILES string of the molecule is C[C@@H]1CCCN(S(=O)(=O)c2ccc(C(=O)Nc3nnc(C(C)(C)C)o3)cc2)C1. The van der Waals surface area contributed by atoms with E-state index < -0.39 is 15.9 Å². The van der Waals surface area contributed by atoms with Crippen molar-refractivity contribution < 1.29 is 17.6 Å². The first-order valence-corrected chi connectivity index (χ1v) is 10.8. The van der Waals surface area contributed by atoms with Gasteiger partial charge in [-0.05, 0) is 43.0 Å². The van der Waals surface area contributed by atoms with Crippen LogP contribution >= 0.6 is 0 Å². The van der Waals surface area contributed by atoms with E-state index in [2.05, 4.69) is 22.4 Å². The molecule has 152 valence electrons. The molecule has 3 rings (SSSR count). The molecule has 1 aliphatic heterocycles. The second-order valence-electron chi connectivity index (χ2n) is 8.25. The van der Waals surface area contributed by atoms with Gasteiger partial charge in [0.05, 0.1) is 4.90 Å². The van der Waals surface area contributed by atoms with Crippen molar-refractivity contribution in [3.8, 4) is 0 Å². The lowest BCUT2D eigenvalue weighted by molar-refractivity contribution is 0.102. The maximum atomic E-state index is 12.8. The van der Waals surface area contributed by atoms with E-state index in [-0.39, 0.29) is 16.3 Å². The van der Waals surface area contributed by atoms with Crippen LogP contribution in [0.15, 0.2) is 33.6 Å². The van der Waals surface area contributed by atoms with Crippen molar-refractivity contribution in [2.45, 2.75) is 50.8 Å². The number of anilines is 1. The van der Waals surface area contributed by atoms with E-state index in [0.29, 0.717) is 30.5 Å². The van der Waals surface area contributed by atoms with Gasteiger partial charge in [0.1, 0.15) is 0 Å². The summed E-state index contributed by atoms with van der Waals surface area (Å²) in [6, 6.07) is 5.89. The van der Waals surface area contributed by atoms with Crippen LogP contribution in [0.25, 0.3) is 0 Å². The summed E-state index contributed by atoms with van der Waals surface area (Å²) in [4.78, 5) is 12.6. The van der Waals surface area contributed by atoms with Gasteiger partial charge in [0.15, 0.2) is 0 Å². The van der Waals surface area contributed by atoms with Crippen LogP contribution in [-0.4, -0.2) is 41.9 Å². The Bertz CT molecular complexity index is 945. The number of benzene rings is 1. The highest BCUT2D eigenvalue weighted by Gasteiger charge is 2.29. The molecular formula is C19H26N4O4S. The maximum absolute atomic E-state index is 12.8. The first-order valence-electron chi connectivity index (χ1n) is 9.33. The number of nitrogens with one attached hydrogen (secondary N) is 1. The summed E-state index contributed by atoms with van der Waals surface area (Å²) >= 11 is 0. The van der Waals surface area contributed by atoms with E-state index in [0.717, 1.165) is 12.8 Å². The third-order valence-electron chi connectivity index (χ3n) is 4.66. The molecule has 1 amide bonds. The zero-order valence-electron chi connectivity index (χ0n) is 16.6. The second-order valence-corrected chi connectivity index (χ2v) is 10.2. The van der Waals surface area contributed by atoms with Gasteiger partial charge in [0.25, 0.3) is 5.91 Å². The summed E-state index contributed by atoms with van der Waals surface area (Å²) in [6.07, 6.45) is 1.90. The van der Waals surface area contributed by atoms with Gasteiger partial charge in [-0.25, -0.2) is 8.42 Å². The van der Waals surface area contributed by atoms with E-state index >= 15 is 0 Å². The molecule has 0 saturated carbocycles. The molecule has 0 bridgehead atoms. The molecule has 1 aliphatic rings. The Hall–Kier alpha value is -2.26. The molecule has 0 radical (unpaired) electrons. The van der Waals surface area contributed by atoms with Crippen molar-refractivity contribution in [3.63, 3.8) is 0 Å². The molecule has 2 heterocycles. The van der Waals surface area contributed by atoms with Gasteiger partial charge < -0.3 is 4.42 Å². The Labute approximate surface area is 165 Å². The topological polar surface area (TPSA) is 105 Å². The highest BCUT2D eigenvalue weighted by molar-refractivity contribution is 7.89. The lowest BCUT2D eigenvalue weighted by Gasteiger charge is -2.30. The van der Waals surface area contributed by atoms with Crippen LogP contribution in [0, 0.1) is 5.92 Å². The molecule has 2 aromatic rings. The van der Waals surface area contributed by atoms with E-state index in [9.17, 15) is 13.2 Å². The summed E-state index contributed by atoms with van der Waals surface area (Å²) in [5.41, 5.74) is -0.0146. The van der Waals surface area contributed by atoms with Crippen LogP contribution in [0.2, 0.25) is 0 Å². The molecule has 0 aliphatic carbocycles. The third-order valence-corrected chi connectivity index (χ3v) is 6.54. The second kappa shape index (κ2) is 7.63. The van der Waals surface area contributed by atoms with Gasteiger partial charge in [-0.2, -0.15) is 4.31 Å². The molecule has 8 nitrogen and oxygen atoms in total. The molecule has 28 heavy (non-hydrogen) atoms. The molecule has 1 N–H and O–H groups in total. The monoisotopic (exact) mass is 406 g/mol. The van der Waals surface area contributed by atoms with Gasteiger partial charge >= 0.3 is 6.01 Å². The minimum absolute atomic E-state index is 0.00827. The van der Waals surface area contributed by atoms with Crippen LogP contribution in [-0.2, 0) is 15.4 Å². The number of rotatable bonds is 4. The highest BCUT2D eigenvalue weighted by atomic mass is 32.2. The third kappa shape index (κ3) is 4.41. The number of amides is 1. The number of hydrogen-bond donors (Lipinski definition) is 1. The Morgan fingerprint density at radius 3 is 2.46 bits per heavy atom. The number of piperidine rings is 1. The highest BCUT2D eigenvalue weighted by Crippen LogP contribution is 2.24. The minimum Gasteiger partial charge on any atom is -0.407 e. The van der Waals surface area contributed by atoms with Crippen LogP contribution in [0.4, 0.5) is 6.01 Å². The predicted octanol–water partition coefficient (Wildman–Crippen LogP) is 3.04. The number of hydrogen-bond acceptors (Lipinski definition) is 6. The molecular weight excluding hydrogens is 380 g/mol. The smallest absolute Gasteiger partial charge is 0.322 e. The van der Waals surface area contributed by atoms with Crippen molar-refractivity contribution in [2.24, 2.45) is 5.92 Å². The van der Waals surface area contributed by atoms with Crippen molar-refractivity contribution in [1.29, 1.82) is 0 Å². The first kappa shape index (κ1) is 20.5. The molecule has 1 aromatic carbocycles. The lowest BCUT2D eigenvalue weighted by Crippen LogP contribution is -2.39. The largest absolute Gasteiger partial charge is 0.407 e. The lowest BCUT2D eigenvalue weighted by atomic mass is 9.97. The van der Waals surface area contributed by atoms with E-state index in [4.69, 9.17) is 4.42 Å². The summed E-state index contributed by atoms with van der Waals surface area (Å²) in [5, 5.41) is 10.3. The van der Waals surface area contributed by atoms with Crippen molar-refractivity contribution in [2.75, 3.05) is 18.4 Å². The van der Waals surface area contributed by atoms with Crippen LogP contribution in [0.5, 0.6) is 0 Å². The Morgan fingerprint density at radius 2 is 1.89 bits per heavy atom. The summed E-state index contributed by atoms with van der Waals surface area (Å²) in [5.74, 6) is 0.320. The number of carbonyl (C=O) groups is 1. The Balaban J connectivity index is 1.71. The number of carbonyl (C=O) groups excluding carboxylic acids is 1. The number of nitrogens with zero attached hydrogens (tertiary/aromatic N) is 3. The van der Waals surface area contributed by atoms with Crippen molar-refractivity contribution in [1.82, 2.24) is 14.5 Å². The zero-order valence-corrected chi connectivity index (χ0v) is 17.4. The number of sulfonamides is 1.